The second kappa shape index (κ2) is 9.16. The van der Waals surface area contributed by atoms with Gasteiger partial charge in [0, 0.05) is 5.56 Å². The van der Waals surface area contributed by atoms with E-state index in [4.69, 9.17) is 14.2 Å². The van der Waals surface area contributed by atoms with Crippen molar-refractivity contribution >= 4 is 40.4 Å². The summed E-state index contributed by atoms with van der Waals surface area (Å²) in [5.74, 6) is 0.713. The highest BCUT2D eigenvalue weighted by atomic mass is 127. The molecule has 0 unspecified atom stereocenters. The summed E-state index contributed by atoms with van der Waals surface area (Å²) >= 11 is 2.05. The molecule has 9 nitrogen and oxygen atoms in total. The van der Waals surface area contributed by atoms with Crippen LogP contribution in [0.15, 0.2) is 35.4 Å². The molecule has 0 atom stereocenters. The van der Waals surface area contributed by atoms with Crippen LogP contribution in [0.3, 0.4) is 0 Å². The van der Waals surface area contributed by atoms with Crippen LogP contribution in [0, 0.1) is 13.7 Å². The Labute approximate surface area is 168 Å². The van der Waals surface area contributed by atoms with Crippen molar-refractivity contribution < 1.29 is 23.9 Å². The van der Waals surface area contributed by atoms with Gasteiger partial charge in [-0.1, -0.05) is 0 Å². The first kappa shape index (κ1) is 20.4. The number of rotatable bonds is 7. The van der Waals surface area contributed by atoms with Gasteiger partial charge in [0.05, 0.1) is 47.7 Å². The van der Waals surface area contributed by atoms with Crippen LogP contribution < -0.4 is 19.6 Å². The van der Waals surface area contributed by atoms with Gasteiger partial charge in [-0.05, 0) is 46.9 Å². The van der Waals surface area contributed by atoms with Crippen molar-refractivity contribution in [1.82, 2.24) is 5.43 Å². The maximum absolute atomic E-state index is 12.2. The molecule has 0 aliphatic heterocycles. The lowest BCUT2D eigenvalue weighted by molar-refractivity contribution is -0.385. The Morgan fingerprint density at radius 2 is 1.74 bits per heavy atom. The van der Waals surface area contributed by atoms with Gasteiger partial charge in [-0.25, -0.2) is 5.43 Å². The Hall–Kier alpha value is -2.89. The van der Waals surface area contributed by atoms with E-state index < -0.39 is 10.8 Å². The Bertz CT molecular complexity index is 900. The van der Waals surface area contributed by atoms with Gasteiger partial charge in [0.2, 0.25) is 0 Å². The fourth-order valence-corrected chi connectivity index (χ4v) is 2.91. The van der Waals surface area contributed by atoms with Gasteiger partial charge in [0.25, 0.3) is 11.6 Å². The lowest BCUT2D eigenvalue weighted by atomic mass is 10.1. The molecule has 0 saturated heterocycles. The summed E-state index contributed by atoms with van der Waals surface area (Å²) in [5.41, 5.74) is 2.63. The third-order valence-corrected chi connectivity index (χ3v) is 4.36. The van der Waals surface area contributed by atoms with E-state index in [1.807, 2.05) is 22.6 Å². The molecule has 0 aliphatic rings. The molecule has 2 rings (SSSR count). The third kappa shape index (κ3) is 4.84. The number of amides is 1. The van der Waals surface area contributed by atoms with Crippen molar-refractivity contribution in [3.05, 3.63) is 55.1 Å². The van der Waals surface area contributed by atoms with Gasteiger partial charge >= 0.3 is 0 Å². The number of nitro benzene ring substituents is 1. The highest BCUT2D eigenvalue weighted by Crippen LogP contribution is 2.33. The van der Waals surface area contributed by atoms with Crippen LogP contribution in [-0.2, 0) is 0 Å². The van der Waals surface area contributed by atoms with Crippen LogP contribution >= 0.6 is 22.6 Å². The van der Waals surface area contributed by atoms with Gasteiger partial charge in [-0.3, -0.25) is 14.9 Å². The number of carbonyl (C=O) groups excluding carboxylic acids is 1. The van der Waals surface area contributed by atoms with Gasteiger partial charge < -0.3 is 14.2 Å². The average Bonchev–Trinajstić information content (AvgIpc) is 2.66. The van der Waals surface area contributed by atoms with Crippen molar-refractivity contribution in [2.45, 2.75) is 0 Å². The summed E-state index contributed by atoms with van der Waals surface area (Å²) in [4.78, 5) is 22.9. The standard InChI is InChI=1S/C17H16IN3O6/c1-25-14-5-4-10(6-12(14)18)17(22)20-19-9-11-7-15(26-2)16(27-3)8-13(11)21(23)24/h4-9H,1-3H3,(H,20,22). The molecule has 10 heteroatoms. The Morgan fingerprint density at radius 3 is 2.30 bits per heavy atom. The van der Waals surface area contributed by atoms with Gasteiger partial charge in [-0.15, -0.1) is 0 Å². The highest BCUT2D eigenvalue weighted by Gasteiger charge is 2.18. The molecule has 1 amide bonds. The Kier molecular flexibility index (Phi) is 6.93. The van der Waals surface area contributed by atoms with E-state index in [-0.39, 0.29) is 17.0 Å². The zero-order valence-corrected chi connectivity index (χ0v) is 16.8. The minimum absolute atomic E-state index is 0.155. The summed E-state index contributed by atoms with van der Waals surface area (Å²) in [5, 5.41) is 15.1. The molecule has 0 bridgehead atoms. The molecule has 0 spiro atoms. The molecule has 0 heterocycles. The molecular weight excluding hydrogens is 469 g/mol. The topological polar surface area (TPSA) is 112 Å². The first-order valence-corrected chi connectivity index (χ1v) is 8.56. The molecule has 0 radical (unpaired) electrons. The summed E-state index contributed by atoms with van der Waals surface area (Å²) in [6, 6.07) is 7.53. The number of nitro groups is 1. The number of hydrogen-bond donors (Lipinski definition) is 1. The molecule has 142 valence electrons. The number of hydrazone groups is 1. The lowest BCUT2D eigenvalue weighted by Gasteiger charge is -2.08. The summed E-state index contributed by atoms with van der Waals surface area (Å²) < 4.78 is 16.1. The minimum Gasteiger partial charge on any atom is -0.496 e. The van der Waals surface area contributed by atoms with Crippen molar-refractivity contribution in [2.24, 2.45) is 5.10 Å². The number of ether oxygens (including phenoxy) is 3. The number of methoxy groups -OCH3 is 3. The molecular formula is C17H16IN3O6. The normalized spacial score (nSPS) is 10.5. The van der Waals surface area contributed by atoms with Crippen molar-refractivity contribution in [2.75, 3.05) is 21.3 Å². The number of carbonyl (C=O) groups is 1. The Balaban J connectivity index is 2.23. The van der Waals surface area contributed by atoms with Crippen LogP contribution in [0.2, 0.25) is 0 Å². The minimum atomic E-state index is -0.572. The third-order valence-electron chi connectivity index (χ3n) is 3.51. The maximum Gasteiger partial charge on any atom is 0.282 e. The zero-order chi connectivity index (χ0) is 20.0. The van der Waals surface area contributed by atoms with Crippen LogP contribution in [-0.4, -0.2) is 38.4 Å². The van der Waals surface area contributed by atoms with E-state index in [2.05, 4.69) is 10.5 Å². The fraction of sp³-hybridized carbons (Fsp3) is 0.176. The molecule has 2 aromatic carbocycles. The molecule has 0 aliphatic carbocycles. The van der Waals surface area contributed by atoms with Crippen molar-refractivity contribution in [3.8, 4) is 17.2 Å². The summed E-state index contributed by atoms with van der Waals surface area (Å²) in [7, 11) is 4.33. The largest absolute Gasteiger partial charge is 0.496 e. The number of halogens is 1. The first-order chi connectivity index (χ1) is 12.9. The number of nitrogens with zero attached hydrogens (tertiary/aromatic N) is 2. The van der Waals surface area contributed by atoms with Crippen LogP contribution in [0.25, 0.3) is 0 Å². The van der Waals surface area contributed by atoms with E-state index in [1.165, 1.54) is 39.7 Å². The average molecular weight is 485 g/mol. The predicted octanol–water partition coefficient (Wildman–Crippen LogP) is 2.99. The van der Waals surface area contributed by atoms with Crippen LogP contribution in [0.5, 0.6) is 17.2 Å². The number of benzene rings is 2. The molecule has 0 aromatic heterocycles. The highest BCUT2D eigenvalue weighted by molar-refractivity contribution is 14.1. The summed E-state index contributed by atoms with van der Waals surface area (Å²) in [6.45, 7) is 0. The second-order valence-corrected chi connectivity index (χ2v) is 6.23. The molecule has 27 heavy (non-hydrogen) atoms. The van der Waals surface area contributed by atoms with E-state index in [0.717, 1.165) is 3.57 Å². The smallest absolute Gasteiger partial charge is 0.282 e. The van der Waals surface area contributed by atoms with E-state index in [1.54, 1.807) is 18.2 Å². The molecule has 0 fully saturated rings. The number of nitrogens with one attached hydrogen (secondary N) is 1. The lowest BCUT2D eigenvalue weighted by Crippen LogP contribution is -2.17. The Morgan fingerprint density at radius 1 is 1.11 bits per heavy atom. The van der Waals surface area contributed by atoms with E-state index >= 15 is 0 Å². The SMILES string of the molecule is COc1ccc(C(=O)NN=Cc2cc(OC)c(OC)cc2[N+](=O)[O-])cc1I. The van der Waals surface area contributed by atoms with Crippen LogP contribution in [0.4, 0.5) is 5.69 Å². The monoisotopic (exact) mass is 485 g/mol. The van der Waals surface area contributed by atoms with E-state index in [0.29, 0.717) is 17.1 Å². The maximum atomic E-state index is 12.2. The number of hydrogen-bond acceptors (Lipinski definition) is 7. The summed E-state index contributed by atoms with van der Waals surface area (Å²) in [6.07, 6.45) is 1.17. The predicted molar refractivity (Wildman–Crippen MR) is 107 cm³/mol. The molecule has 0 saturated carbocycles. The van der Waals surface area contributed by atoms with Gasteiger partial charge in [-0.2, -0.15) is 5.10 Å². The first-order valence-electron chi connectivity index (χ1n) is 7.48. The molecule has 2 aromatic rings. The van der Waals surface area contributed by atoms with Crippen LogP contribution in [0.1, 0.15) is 15.9 Å². The fourth-order valence-electron chi connectivity index (χ4n) is 2.18. The van der Waals surface area contributed by atoms with Gasteiger partial charge in [0.1, 0.15) is 5.75 Å². The van der Waals surface area contributed by atoms with Crippen molar-refractivity contribution in [1.29, 1.82) is 0 Å². The van der Waals surface area contributed by atoms with Crippen molar-refractivity contribution in [3.63, 3.8) is 0 Å². The van der Waals surface area contributed by atoms with E-state index in [9.17, 15) is 14.9 Å². The zero-order valence-electron chi connectivity index (χ0n) is 14.7. The van der Waals surface area contributed by atoms with Gasteiger partial charge in [0.15, 0.2) is 11.5 Å². The second-order valence-electron chi connectivity index (χ2n) is 5.07. The molecule has 1 N–H and O–H groups in total. The quantitative estimate of drug-likeness (QED) is 0.279.